The van der Waals surface area contributed by atoms with E-state index in [-0.39, 0.29) is 13.0 Å². The molecule has 114 valence electrons. The highest BCUT2D eigenvalue weighted by molar-refractivity contribution is 6.30. The van der Waals surface area contributed by atoms with Gasteiger partial charge in [0, 0.05) is 5.02 Å². The second-order valence-corrected chi connectivity index (χ2v) is 5.86. The van der Waals surface area contributed by atoms with E-state index in [4.69, 9.17) is 16.3 Å². The number of hydrogen-bond donors (Lipinski definition) is 1. The summed E-state index contributed by atoms with van der Waals surface area (Å²) in [5, 5.41) is 10.2. The molecule has 0 amide bonds. The minimum absolute atomic E-state index is 0.158. The Morgan fingerprint density at radius 1 is 1.33 bits per heavy atom. The highest BCUT2D eigenvalue weighted by Gasteiger charge is 2.49. The number of carboxylic acids is 1. The normalized spacial score (nSPS) is 17.0. The lowest BCUT2D eigenvalue weighted by Gasteiger charge is -2.27. The van der Waals surface area contributed by atoms with Crippen LogP contribution in [-0.4, -0.2) is 23.7 Å². The first kappa shape index (κ1) is 15.8. The number of halogens is 1. The Morgan fingerprint density at radius 2 is 1.95 bits per heavy atom. The summed E-state index contributed by atoms with van der Waals surface area (Å²) < 4.78 is 5.05. The van der Waals surface area contributed by atoms with Crippen molar-refractivity contribution in [3.05, 3.63) is 34.9 Å². The second kappa shape index (κ2) is 6.48. The molecule has 1 aromatic carbocycles. The molecule has 1 aliphatic rings. The SMILES string of the molecule is CCOC(=O)C(CCC1CC1)(C(=O)O)c1ccc(Cl)cc1. The Kier molecular flexibility index (Phi) is 4.88. The molecule has 1 saturated carbocycles. The van der Waals surface area contributed by atoms with E-state index in [0.717, 1.165) is 12.8 Å². The largest absolute Gasteiger partial charge is 0.480 e. The number of rotatable bonds is 7. The zero-order valence-electron chi connectivity index (χ0n) is 12.0. The minimum Gasteiger partial charge on any atom is -0.480 e. The number of hydrogen-bond acceptors (Lipinski definition) is 3. The van der Waals surface area contributed by atoms with Gasteiger partial charge in [-0.05, 0) is 43.4 Å². The van der Waals surface area contributed by atoms with Crippen molar-refractivity contribution < 1.29 is 19.4 Å². The van der Waals surface area contributed by atoms with Crippen LogP contribution in [0.5, 0.6) is 0 Å². The molecule has 1 unspecified atom stereocenters. The number of esters is 1. The van der Waals surface area contributed by atoms with Gasteiger partial charge in [-0.1, -0.05) is 36.6 Å². The van der Waals surface area contributed by atoms with Crippen molar-refractivity contribution in [2.75, 3.05) is 6.61 Å². The van der Waals surface area contributed by atoms with Crippen molar-refractivity contribution in [1.82, 2.24) is 0 Å². The van der Waals surface area contributed by atoms with Crippen LogP contribution < -0.4 is 0 Å². The van der Waals surface area contributed by atoms with Gasteiger partial charge in [0.05, 0.1) is 6.61 Å². The molecular weight excluding hydrogens is 292 g/mol. The van der Waals surface area contributed by atoms with E-state index in [1.54, 1.807) is 31.2 Å². The van der Waals surface area contributed by atoms with Crippen LogP contribution in [0, 0.1) is 5.92 Å². The molecule has 21 heavy (non-hydrogen) atoms. The van der Waals surface area contributed by atoms with Gasteiger partial charge in [-0.25, -0.2) is 0 Å². The number of ether oxygens (including phenoxy) is 1. The average molecular weight is 311 g/mol. The minimum atomic E-state index is -1.64. The predicted octanol–water partition coefficient (Wildman–Crippen LogP) is 3.42. The monoisotopic (exact) mass is 310 g/mol. The molecule has 4 nitrogen and oxygen atoms in total. The van der Waals surface area contributed by atoms with Gasteiger partial charge in [0.1, 0.15) is 0 Å². The fraction of sp³-hybridized carbons (Fsp3) is 0.500. The van der Waals surface area contributed by atoms with Crippen LogP contribution in [0.3, 0.4) is 0 Å². The first-order valence-electron chi connectivity index (χ1n) is 7.17. The zero-order chi connectivity index (χ0) is 15.5. The summed E-state index contributed by atoms with van der Waals surface area (Å²) >= 11 is 5.86. The molecule has 1 atom stereocenters. The lowest BCUT2D eigenvalue weighted by atomic mass is 9.76. The summed E-state index contributed by atoms with van der Waals surface area (Å²) in [5.74, 6) is -1.32. The van der Waals surface area contributed by atoms with Gasteiger partial charge >= 0.3 is 11.9 Å². The molecule has 5 heteroatoms. The molecule has 1 aliphatic carbocycles. The standard InChI is InChI=1S/C16H19ClO4/c1-2-21-15(20)16(14(18)19,10-9-11-3-4-11)12-5-7-13(17)8-6-12/h5-8,11H,2-4,9-10H2,1H3,(H,18,19). The Bertz CT molecular complexity index is 522. The summed E-state index contributed by atoms with van der Waals surface area (Å²) in [6.07, 6.45) is 3.19. The Morgan fingerprint density at radius 3 is 2.43 bits per heavy atom. The van der Waals surface area contributed by atoms with Gasteiger partial charge in [-0.3, -0.25) is 9.59 Å². The number of benzene rings is 1. The van der Waals surface area contributed by atoms with Gasteiger partial charge < -0.3 is 9.84 Å². The van der Waals surface area contributed by atoms with Crippen LogP contribution in [-0.2, 0) is 19.7 Å². The van der Waals surface area contributed by atoms with Crippen molar-refractivity contribution in [2.24, 2.45) is 5.92 Å². The van der Waals surface area contributed by atoms with Crippen LogP contribution in [0.1, 0.15) is 38.2 Å². The molecule has 1 N–H and O–H groups in total. The molecular formula is C16H19ClO4. The van der Waals surface area contributed by atoms with E-state index >= 15 is 0 Å². The van der Waals surface area contributed by atoms with Crippen LogP contribution in [0.15, 0.2) is 24.3 Å². The van der Waals surface area contributed by atoms with Crippen molar-refractivity contribution in [3.63, 3.8) is 0 Å². The predicted molar refractivity (Wildman–Crippen MR) is 79.4 cm³/mol. The van der Waals surface area contributed by atoms with E-state index in [0.29, 0.717) is 22.9 Å². The Labute approximate surface area is 129 Å². The van der Waals surface area contributed by atoms with Crippen LogP contribution in [0.25, 0.3) is 0 Å². The molecule has 1 aromatic rings. The molecule has 0 bridgehead atoms. The Hall–Kier alpha value is -1.55. The van der Waals surface area contributed by atoms with Crippen molar-refractivity contribution in [1.29, 1.82) is 0 Å². The third-order valence-corrected chi connectivity index (χ3v) is 4.20. The average Bonchev–Trinajstić information content (AvgIpc) is 3.25. The second-order valence-electron chi connectivity index (χ2n) is 5.42. The summed E-state index contributed by atoms with van der Waals surface area (Å²) in [6, 6.07) is 6.40. The van der Waals surface area contributed by atoms with Gasteiger partial charge in [0.25, 0.3) is 0 Å². The molecule has 0 saturated heterocycles. The highest BCUT2D eigenvalue weighted by atomic mass is 35.5. The molecule has 0 heterocycles. The van der Waals surface area contributed by atoms with Crippen molar-refractivity contribution >= 4 is 23.5 Å². The van der Waals surface area contributed by atoms with Gasteiger partial charge in [0.15, 0.2) is 5.41 Å². The summed E-state index contributed by atoms with van der Waals surface area (Å²) in [6.45, 7) is 1.83. The van der Waals surface area contributed by atoms with E-state index in [9.17, 15) is 14.7 Å². The first-order chi connectivity index (χ1) is 10.0. The highest BCUT2D eigenvalue weighted by Crippen LogP contribution is 2.40. The summed E-state index contributed by atoms with van der Waals surface area (Å²) in [7, 11) is 0. The lowest BCUT2D eigenvalue weighted by molar-refractivity contribution is -0.162. The topological polar surface area (TPSA) is 63.6 Å². The van der Waals surface area contributed by atoms with E-state index in [1.165, 1.54) is 0 Å². The van der Waals surface area contributed by atoms with Crippen LogP contribution in [0.2, 0.25) is 5.02 Å². The quantitative estimate of drug-likeness (QED) is 0.619. The van der Waals surface area contributed by atoms with Crippen molar-refractivity contribution in [3.8, 4) is 0 Å². The number of carbonyl (C=O) groups excluding carboxylic acids is 1. The number of carbonyl (C=O) groups is 2. The zero-order valence-corrected chi connectivity index (χ0v) is 12.7. The summed E-state index contributed by atoms with van der Waals surface area (Å²) in [4.78, 5) is 24.3. The maximum atomic E-state index is 12.4. The maximum absolute atomic E-state index is 12.4. The molecule has 0 aromatic heterocycles. The molecule has 0 spiro atoms. The molecule has 2 rings (SSSR count). The fourth-order valence-corrected chi connectivity index (χ4v) is 2.62. The molecule has 0 radical (unpaired) electrons. The summed E-state index contributed by atoms with van der Waals surface area (Å²) in [5.41, 5.74) is -1.21. The van der Waals surface area contributed by atoms with Gasteiger partial charge in [-0.15, -0.1) is 0 Å². The maximum Gasteiger partial charge on any atom is 0.328 e. The Balaban J connectivity index is 2.39. The smallest absolute Gasteiger partial charge is 0.328 e. The molecule has 1 fully saturated rings. The lowest BCUT2D eigenvalue weighted by Crippen LogP contribution is -2.45. The van der Waals surface area contributed by atoms with E-state index in [1.807, 2.05) is 0 Å². The third kappa shape index (κ3) is 3.38. The first-order valence-corrected chi connectivity index (χ1v) is 7.55. The van der Waals surface area contributed by atoms with Gasteiger partial charge in [-0.2, -0.15) is 0 Å². The third-order valence-electron chi connectivity index (χ3n) is 3.95. The van der Waals surface area contributed by atoms with Crippen LogP contribution in [0.4, 0.5) is 0 Å². The molecule has 0 aliphatic heterocycles. The number of carboxylic acid groups (broad SMARTS) is 1. The van der Waals surface area contributed by atoms with E-state index in [2.05, 4.69) is 0 Å². The van der Waals surface area contributed by atoms with Gasteiger partial charge in [0.2, 0.25) is 0 Å². The number of aliphatic carboxylic acids is 1. The fourth-order valence-electron chi connectivity index (χ4n) is 2.50. The van der Waals surface area contributed by atoms with Crippen molar-refractivity contribution in [2.45, 2.75) is 38.0 Å². The van der Waals surface area contributed by atoms with E-state index < -0.39 is 17.4 Å². The van der Waals surface area contributed by atoms with Crippen LogP contribution >= 0.6 is 11.6 Å².